The van der Waals surface area contributed by atoms with Crippen molar-refractivity contribution in [2.45, 2.75) is 12.8 Å². The van der Waals surface area contributed by atoms with Crippen molar-refractivity contribution in [2.24, 2.45) is 0 Å². The average Bonchev–Trinajstić information content (AvgIpc) is 2.85. The van der Waals surface area contributed by atoms with Crippen LogP contribution in [-0.2, 0) is 14.3 Å². The SMILES string of the molecule is CS(=O)(=O)OCCCN1CCN(CCCBr)C1=C(C#N)C#N. The molecule has 1 saturated heterocycles. The molecule has 22 heavy (non-hydrogen) atoms. The molecule has 7 nitrogen and oxygen atoms in total. The smallest absolute Gasteiger partial charge is 0.264 e. The first-order chi connectivity index (χ1) is 10.4. The molecule has 1 rings (SSSR count). The molecule has 0 radical (unpaired) electrons. The topological polar surface area (TPSA) is 97.4 Å². The molecule has 0 N–H and O–H groups in total. The Labute approximate surface area is 140 Å². The zero-order valence-corrected chi connectivity index (χ0v) is 14.9. The maximum absolute atomic E-state index is 10.9. The maximum Gasteiger partial charge on any atom is 0.264 e. The Kier molecular flexibility index (Phi) is 7.66. The number of nitrogens with zero attached hydrogens (tertiary/aromatic N) is 4. The van der Waals surface area contributed by atoms with Crippen molar-refractivity contribution >= 4 is 26.0 Å². The van der Waals surface area contributed by atoms with Crippen molar-refractivity contribution in [3.63, 3.8) is 0 Å². The predicted molar refractivity (Wildman–Crippen MR) is 85.2 cm³/mol. The molecule has 0 atom stereocenters. The van der Waals surface area contributed by atoms with Crippen LogP contribution in [0, 0.1) is 22.7 Å². The third-order valence-electron chi connectivity index (χ3n) is 3.12. The van der Waals surface area contributed by atoms with Crippen LogP contribution in [0.2, 0.25) is 0 Å². The van der Waals surface area contributed by atoms with E-state index in [0.717, 1.165) is 31.1 Å². The van der Waals surface area contributed by atoms with Gasteiger partial charge in [0.25, 0.3) is 10.1 Å². The van der Waals surface area contributed by atoms with Crippen molar-refractivity contribution in [3.8, 4) is 12.1 Å². The Hall–Kier alpha value is -1.29. The van der Waals surface area contributed by atoms with Gasteiger partial charge in [0.15, 0.2) is 5.57 Å². The molecule has 1 aliphatic rings. The van der Waals surface area contributed by atoms with E-state index in [0.29, 0.717) is 25.3 Å². The van der Waals surface area contributed by atoms with Gasteiger partial charge in [-0.05, 0) is 12.8 Å². The van der Waals surface area contributed by atoms with E-state index in [9.17, 15) is 8.42 Å². The Morgan fingerprint density at radius 1 is 1.23 bits per heavy atom. The summed E-state index contributed by atoms with van der Waals surface area (Å²) in [7, 11) is -3.43. The van der Waals surface area contributed by atoms with E-state index >= 15 is 0 Å². The molecular weight excluding hydrogens is 372 g/mol. The van der Waals surface area contributed by atoms with E-state index in [1.165, 1.54) is 0 Å². The highest BCUT2D eigenvalue weighted by molar-refractivity contribution is 9.09. The van der Waals surface area contributed by atoms with Crippen LogP contribution in [-0.4, -0.2) is 62.6 Å². The summed E-state index contributed by atoms with van der Waals surface area (Å²) < 4.78 is 26.5. The van der Waals surface area contributed by atoms with Crippen molar-refractivity contribution < 1.29 is 12.6 Å². The van der Waals surface area contributed by atoms with Gasteiger partial charge < -0.3 is 9.80 Å². The lowest BCUT2D eigenvalue weighted by Gasteiger charge is -2.24. The van der Waals surface area contributed by atoms with Crippen LogP contribution in [0.1, 0.15) is 12.8 Å². The lowest BCUT2D eigenvalue weighted by molar-refractivity contribution is 0.275. The molecule has 9 heteroatoms. The third-order valence-corrected chi connectivity index (χ3v) is 4.27. The fraction of sp³-hybridized carbons (Fsp3) is 0.692. The molecule has 1 fully saturated rings. The highest BCUT2D eigenvalue weighted by atomic mass is 79.9. The van der Waals surface area contributed by atoms with Gasteiger partial charge in [-0.25, -0.2) is 0 Å². The summed E-state index contributed by atoms with van der Waals surface area (Å²) in [5.74, 6) is 0.644. The van der Waals surface area contributed by atoms with Gasteiger partial charge in [0.1, 0.15) is 18.0 Å². The van der Waals surface area contributed by atoms with Gasteiger partial charge >= 0.3 is 0 Å². The molecule has 0 amide bonds. The number of rotatable bonds is 8. The minimum atomic E-state index is -3.43. The maximum atomic E-state index is 10.9. The van der Waals surface area contributed by atoms with Gasteiger partial charge in [-0.3, -0.25) is 4.18 Å². The first kappa shape index (κ1) is 18.8. The second kappa shape index (κ2) is 8.99. The second-order valence-electron chi connectivity index (χ2n) is 4.82. The van der Waals surface area contributed by atoms with E-state index in [1.54, 1.807) is 0 Å². The van der Waals surface area contributed by atoms with E-state index in [1.807, 2.05) is 21.9 Å². The molecule has 0 bridgehead atoms. The summed E-state index contributed by atoms with van der Waals surface area (Å²) in [6, 6.07) is 3.88. The van der Waals surface area contributed by atoms with Crippen LogP contribution in [0.4, 0.5) is 0 Å². The molecule has 0 aromatic rings. The molecule has 0 saturated carbocycles. The van der Waals surface area contributed by atoms with E-state index in [-0.39, 0.29) is 12.2 Å². The Morgan fingerprint density at radius 3 is 2.23 bits per heavy atom. The van der Waals surface area contributed by atoms with Gasteiger partial charge in [-0.1, -0.05) is 15.9 Å². The molecule has 0 aliphatic carbocycles. The van der Waals surface area contributed by atoms with Crippen LogP contribution in [0.5, 0.6) is 0 Å². The van der Waals surface area contributed by atoms with Gasteiger partial charge in [-0.2, -0.15) is 18.9 Å². The molecule has 1 aliphatic heterocycles. The van der Waals surface area contributed by atoms with Crippen LogP contribution in [0.15, 0.2) is 11.4 Å². The second-order valence-corrected chi connectivity index (χ2v) is 7.26. The minimum Gasteiger partial charge on any atom is -0.355 e. The van der Waals surface area contributed by atoms with E-state index in [2.05, 4.69) is 15.9 Å². The zero-order chi connectivity index (χ0) is 16.6. The lowest BCUT2D eigenvalue weighted by Crippen LogP contribution is -2.27. The van der Waals surface area contributed by atoms with E-state index in [4.69, 9.17) is 14.7 Å². The summed E-state index contributed by atoms with van der Waals surface area (Å²) in [6.07, 6.45) is 2.44. The molecule has 0 unspecified atom stereocenters. The monoisotopic (exact) mass is 390 g/mol. The predicted octanol–water partition coefficient (Wildman–Crippen LogP) is 1.01. The number of alkyl halides is 1. The highest BCUT2D eigenvalue weighted by Gasteiger charge is 2.27. The summed E-state index contributed by atoms with van der Waals surface area (Å²) in [5.41, 5.74) is 0.0936. The molecule has 0 spiro atoms. The van der Waals surface area contributed by atoms with Crippen LogP contribution >= 0.6 is 15.9 Å². The Balaban J connectivity index is 2.71. The number of allylic oxidation sites excluding steroid dienone is 1. The molecule has 0 aromatic carbocycles. The van der Waals surface area contributed by atoms with Crippen LogP contribution in [0.3, 0.4) is 0 Å². The van der Waals surface area contributed by atoms with Gasteiger partial charge in [0, 0.05) is 31.5 Å². The Bertz CT molecular complexity index is 575. The molecule has 0 aromatic heterocycles. The number of halogens is 1. The fourth-order valence-corrected chi connectivity index (χ4v) is 2.92. The number of nitriles is 2. The molecule has 1 heterocycles. The standard InChI is InChI=1S/C13H19BrN4O3S/c1-22(19,20)21-9-3-6-18-8-7-17(5-2-4-14)13(18)12(10-15)11-16/h2-9H2,1H3. The summed E-state index contributed by atoms with van der Waals surface area (Å²) >= 11 is 3.37. The Morgan fingerprint density at radius 2 is 1.77 bits per heavy atom. The van der Waals surface area contributed by atoms with Crippen molar-refractivity contribution in [1.29, 1.82) is 10.5 Å². The molecule has 122 valence electrons. The van der Waals surface area contributed by atoms with Gasteiger partial charge in [-0.15, -0.1) is 0 Å². The average molecular weight is 391 g/mol. The number of hydrogen-bond acceptors (Lipinski definition) is 7. The number of hydrogen-bond donors (Lipinski definition) is 0. The summed E-state index contributed by atoms with van der Waals surface area (Å²) in [5, 5.41) is 19.1. The summed E-state index contributed by atoms with van der Waals surface area (Å²) in [4.78, 5) is 3.97. The van der Waals surface area contributed by atoms with Crippen molar-refractivity contribution in [2.75, 3.05) is 44.4 Å². The lowest BCUT2D eigenvalue weighted by atomic mass is 10.3. The minimum absolute atomic E-state index is 0.0936. The van der Waals surface area contributed by atoms with Gasteiger partial charge in [0.05, 0.1) is 12.9 Å². The summed E-state index contributed by atoms with van der Waals surface area (Å²) in [6.45, 7) is 2.87. The van der Waals surface area contributed by atoms with Crippen LogP contribution in [0.25, 0.3) is 0 Å². The third kappa shape index (κ3) is 5.84. The van der Waals surface area contributed by atoms with E-state index < -0.39 is 10.1 Å². The van der Waals surface area contributed by atoms with Gasteiger partial charge in [0.2, 0.25) is 0 Å². The quantitative estimate of drug-likeness (QED) is 0.264. The van der Waals surface area contributed by atoms with Crippen molar-refractivity contribution in [3.05, 3.63) is 11.4 Å². The largest absolute Gasteiger partial charge is 0.355 e. The first-order valence-electron chi connectivity index (χ1n) is 6.87. The first-order valence-corrected chi connectivity index (χ1v) is 9.81. The fourth-order valence-electron chi connectivity index (χ4n) is 2.25. The highest BCUT2D eigenvalue weighted by Crippen LogP contribution is 2.22. The molecular formula is C13H19BrN4O3S. The normalized spacial score (nSPS) is 14.8. The van der Waals surface area contributed by atoms with Crippen LogP contribution < -0.4 is 0 Å². The zero-order valence-electron chi connectivity index (χ0n) is 12.5. The van der Waals surface area contributed by atoms with Crippen molar-refractivity contribution in [1.82, 2.24) is 9.80 Å².